The fourth-order valence-electron chi connectivity index (χ4n) is 2.89. The number of carbonyl (C=O) groups is 1. The summed E-state index contributed by atoms with van der Waals surface area (Å²) >= 11 is 0. The average molecular weight is 312 g/mol. The van der Waals surface area contributed by atoms with Crippen LogP contribution in [0.25, 0.3) is 0 Å². The van der Waals surface area contributed by atoms with Gasteiger partial charge in [-0.15, -0.1) is 0 Å². The molecule has 120 valence electrons. The van der Waals surface area contributed by atoms with E-state index in [2.05, 4.69) is 40.7 Å². The highest BCUT2D eigenvalue weighted by molar-refractivity contribution is 5.88. The van der Waals surface area contributed by atoms with Crippen LogP contribution in [-0.4, -0.2) is 28.4 Å². The molecule has 6 nitrogen and oxygen atoms in total. The fourth-order valence-corrected chi connectivity index (χ4v) is 2.89. The molecule has 2 aromatic rings. The van der Waals surface area contributed by atoms with E-state index in [4.69, 9.17) is 4.74 Å². The summed E-state index contributed by atoms with van der Waals surface area (Å²) in [6, 6.07) is 9.44. The molecule has 0 aliphatic carbocycles. The number of amides is 2. The molecule has 0 radical (unpaired) electrons. The van der Waals surface area contributed by atoms with Crippen LogP contribution in [0.1, 0.15) is 31.7 Å². The highest BCUT2D eigenvalue weighted by Gasteiger charge is 2.33. The minimum atomic E-state index is -0.250. The van der Waals surface area contributed by atoms with E-state index in [0.717, 1.165) is 17.7 Å². The lowest BCUT2D eigenvalue weighted by Crippen LogP contribution is -2.40. The zero-order chi connectivity index (χ0) is 16.3. The van der Waals surface area contributed by atoms with Crippen LogP contribution in [-0.2, 0) is 0 Å². The normalized spacial score (nSPS) is 18.4. The van der Waals surface area contributed by atoms with E-state index in [1.165, 1.54) is 12.4 Å². The number of nitrogens with one attached hydrogen (secondary N) is 2. The van der Waals surface area contributed by atoms with E-state index in [9.17, 15) is 4.79 Å². The largest absolute Gasteiger partial charge is 0.488 e. The molecule has 0 spiro atoms. The van der Waals surface area contributed by atoms with E-state index in [1.54, 1.807) is 6.07 Å². The van der Waals surface area contributed by atoms with Gasteiger partial charge in [-0.3, -0.25) is 0 Å². The van der Waals surface area contributed by atoms with Gasteiger partial charge in [-0.25, -0.2) is 4.79 Å². The van der Waals surface area contributed by atoms with Gasteiger partial charge in [0.2, 0.25) is 0 Å². The van der Waals surface area contributed by atoms with Crippen LogP contribution in [0, 0.1) is 0 Å². The van der Waals surface area contributed by atoms with Crippen molar-refractivity contribution in [1.29, 1.82) is 0 Å². The van der Waals surface area contributed by atoms with Gasteiger partial charge < -0.3 is 15.4 Å². The fraction of sp³-hybridized carbons (Fsp3) is 0.353. The Kier molecular flexibility index (Phi) is 4.14. The van der Waals surface area contributed by atoms with Gasteiger partial charge in [0.25, 0.3) is 0 Å². The highest BCUT2D eigenvalue weighted by atomic mass is 16.5. The smallest absolute Gasteiger partial charge is 0.319 e. The number of fused-ring (bicyclic) bond motifs is 1. The Labute approximate surface area is 135 Å². The van der Waals surface area contributed by atoms with E-state index >= 15 is 0 Å². The molecule has 23 heavy (non-hydrogen) atoms. The molecule has 1 aliphatic heterocycles. The summed E-state index contributed by atoms with van der Waals surface area (Å²) in [5.41, 5.74) is 1.51. The van der Waals surface area contributed by atoms with Gasteiger partial charge in [0.1, 0.15) is 11.4 Å². The summed E-state index contributed by atoms with van der Waals surface area (Å²) in [4.78, 5) is 12.0. The first-order chi connectivity index (χ1) is 11.0. The van der Waals surface area contributed by atoms with Crippen LogP contribution in [0.4, 0.5) is 10.5 Å². The summed E-state index contributed by atoms with van der Waals surface area (Å²) in [6.07, 6.45) is 3.89. The first-order valence-electron chi connectivity index (χ1n) is 7.63. The summed E-state index contributed by atoms with van der Waals surface area (Å²) in [6.45, 7) is 4.69. The van der Waals surface area contributed by atoms with Gasteiger partial charge in [0, 0.05) is 12.5 Å². The second kappa shape index (κ2) is 6.24. The number of anilines is 1. The number of para-hydroxylation sites is 1. The first-order valence-corrected chi connectivity index (χ1v) is 7.63. The van der Waals surface area contributed by atoms with Crippen molar-refractivity contribution in [2.75, 3.05) is 11.9 Å². The van der Waals surface area contributed by atoms with E-state index < -0.39 is 0 Å². The van der Waals surface area contributed by atoms with Gasteiger partial charge in [-0.1, -0.05) is 18.2 Å². The van der Waals surface area contributed by atoms with Crippen molar-refractivity contribution in [3.05, 3.63) is 48.3 Å². The Morgan fingerprint density at radius 1 is 1.30 bits per heavy atom. The minimum Gasteiger partial charge on any atom is -0.488 e. The molecule has 0 saturated heterocycles. The van der Waals surface area contributed by atoms with Gasteiger partial charge in [-0.05, 0) is 38.0 Å². The third-order valence-corrected chi connectivity index (χ3v) is 3.83. The van der Waals surface area contributed by atoms with Crippen molar-refractivity contribution in [1.82, 2.24) is 15.5 Å². The third kappa shape index (κ3) is 3.77. The molecule has 6 heteroatoms. The van der Waals surface area contributed by atoms with Crippen LogP contribution < -0.4 is 15.4 Å². The number of urea groups is 1. The van der Waals surface area contributed by atoms with Crippen molar-refractivity contribution in [3.63, 3.8) is 0 Å². The number of rotatable bonds is 3. The van der Waals surface area contributed by atoms with Crippen LogP contribution in [0.2, 0.25) is 0 Å². The number of carbonyl (C=O) groups excluding carboxylic acids is 1. The second-order valence-electron chi connectivity index (χ2n) is 6.27. The molecule has 2 N–H and O–H groups in total. The van der Waals surface area contributed by atoms with Crippen LogP contribution in [0.5, 0.6) is 5.75 Å². The predicted molar refractivity (Wildman–Crippen MR) is 87.6 cm³/mol. The molecule has 1 aromatic carbocycles. The molecule has 1 unspecified atom stereocenters. The minimum absolute atomic E-state index is 0.219. The lowest BCUT2D eigenvalue weighted by molar-refractivity contribution is 0.0721. The van der Waals surface area contributed by atoms with Crippen molar-refractivity contribution in [2.45, 2.75) is 31.8 Å². The molecule has 0 saturated carbocycles. The monoisotopic (exact) mass is 312 g/mol. The van der Waals surface area contributed by atoms with Crippen molar-refractivity contribution in [3.8, 4) is 5.75 Å². The molecule has 2 amide bonds. The summed E-state index contributed by atoms with van der Waals surface area (Å²) in [7, 11) is 0. The molecule has 1 atom stereocenters. The van der Waals surface area contributed by atoms with Gasteiger partial charge in [-0.2, -0.15) is 10.2 Å². The zero-order valence-corrected chi connectivity index (χ0v) is 13.2. The Morgan fingerprint density at radius 3 is 2.91 bits per heavy atom. The van der Waals surface area contributed by atoms with Gasteiger partial charge >= 0.3 is 6.03 Å². The Morgan fingerprint density at radius 2 is 2.13 bits per heavy atom. The van der Waals surface area contributed by atoms with Crippen LogP contribution >= 0.6 is 0 Å². The lowest BCUT2D eigenvalue weighted by Gasteiger charge is -2.37. The first kappa shape index (κ1) is 15.3. The molecule has 0 fully saturated rings. The summed E-state index contributed by atoms with van der Waals surface area (Å²) in [5, 5.41) is 13.1. The van der Waals surface area contributed by atoms with Crippen molar-refractivity contribution < 1.29 is 9.53 Å². The summed E-state index contributed by atoms with van der Waals surface area (Å²) < 4.78 is 6.01. The maximum absolute atomic E-state index is 12.0. The molecule has 2 heterocycles. The molecule has 1 aliphatic rings. The SMILES string of the molecule is CC1(C)CC(CNC(=O)Nc2ccnnc2)c2ccccc2O1. The topological polar surface area (TPSA) is 76.1 Å². The summed E-state index contributed by atoms with van der Waals surface area (Å²) in [5.74, 6) is 1.12. The van der Waals surface area contributed by atoms with E-state index in [0.29, 0.717) is 12.2 Å². The van der Waals surface area contributed by atoms with E-state index in [-0.39, 0.29) is 17.6 Å². The molecule has 0 bridgehead atoms. The molecule has 1 aromatic heterocycles. The molecular formula is C17H20N4O2. The number of nitrogens with zero attached hydrogens (tertiary/aromatic N) is 2. The number of hydrogen-bond acceptors (Lipinski definition) is 4. The number of aromatic nitrogens is 2. The van der Waals surface area contributed by atoms with E-state index in [1.807, 2.05) is 18.2 Å². The van der Waals surface area contributed by atoms with Crippen LogP contribution in [0.3, 0.4) is 0 Å². The quantitative estimate of drug-likeness (QED) is 0.913. The van der Waals surface area contributed by atoms with Crippen molar-refractivity contribution in [2.24, 2.45) is 0 Å². The van der Waals surface area contributed by atoms with Crippen LogP contribution in [0.15, 0.2) is 42.7 Å². The zero-order valence-electron chi connectivity index (χ0n) is 13.2. The number of benzene rings is 1. The van der Waals surface area contributed by atoms with Gasteiger partial charge in [0.15, 0.2) is 0 Å². The third-order valence-electron chi connectivity index (χ3n) is 3.83. The van der Waals surface area contributed by atoms with Gasteiger partial charge in [0.05, 0.1) is 18.1 Å². The Balaban J connectivity index is 1.65. The Bertz CT molecular complexity index is 688. The highest BCUT2D eigenvalue weighted by Crippen LogP contribution is 2.40. The average Bonchev–Trinajstić information content (AvgIpc) is 2.52. The predicted octanol–water partition coefficient (Wildman–Crippen LogP) is 2.94. The number of hydrogen-bond donors (Lipinski definition) is 2. The maximum Gasteiger partial charge on any atom is 0.319 e. The lowest BCUT2D eigenvalue weighted by atomic mass is 9.84. The Hall–Kier alpha value is -2.63. The molecular weight excluding hydrogens is 292 g/mol. The second-order valence-corrected chi connectivity index (χ2v) is 6.27. The molecule has 3 rings (SSSR count). The number of ether oxygens (including phenoxy) is 1. The maximum atomic E-state index is 12.0. The standard InChI is InChI=1S/C17H20N4O2/c1-17(2)9-12(14-5-3-4-6-15(14)23-17)10-18-16(22)21-13-7-8-19-20-11-13/h3-8,11-12H,9-10H2,1-2H3,(H2,18,19,21,22). The van der Waals surface area contributed by atoms with Crippen molar-refractivity contribution >= 4 is 11.7 Å².